The first-order valence-electron chi connectivity index (χ1n) is 8.94. The van der Waals surface area contributed by atoms with Crippen LogP contribution in [0, 0.1) is 0 Å². The molecule has 1 aromatic carbocycles. The van der Waals surface area contributed by atoms with Crippen molar-refractivity contribution in [3.05, 3.63) is 41.6 Å². The molecule has 2 aliphatic rings. The fourth-order valence-corrected chi connectivity index (χ4v) is 3.40. The molecule has 0 spiro atoms. The summed E-state index contributed by atoms with van der Waals surface area (Å²) in [5, 5.41) is 0. The van der Waals surface area contributed by atoms with Gasteiger partial charge in [-0.25, -0.2) is 4.98 Å². The summed E-state index contributed by atoms with van der Waals surface area (Å²) in [5.41, 5.74) is 8.15. The summed E-state index contributed by atoms with van der Waals surface area (Å²) in [6.07, 6.45) is 2.15. The lowest BCUT2D eigenvalue weighted by atomic mass is 10.0. The Balaban J connectivity index is 1.42. The molecule has 0 unspecified atom stereocenters. The first kappa shape index (κ1) is 16.1. The van der Waals surface area contributed by atoms with Crippen molar-refractivity contribution in [3.8, 4) is 5.75 Å². The van der Waals surface area contributed by atoms with Crippen LogP contribution < -0.4 is 15.4 Å². The van der Waals surface area contributed by atoms with Crippen molar-refractivity contribution in [2.24, 2.45) is 0 Å². The number of ether oxygens (including phenoxy) is 2. The highest BCUT2D eigenvalue weighted by Gasteiger charge is 2.31. The third-order valence-corrected chi connectivity index (χ3v) is 4.92. The maximum Gasteiger partial charge on any atom is 0.222 e. The summed E-state index contributed by atoms with van der Waals surface area (Å²) in [6.45, 7) is 5.28. The number of rotatable bonds is 5. The SMILES string of the molecule is CCc1ccccc1OC1CN(c2cc([C@H]3CCOC3)nc(N)n2)C1. The smallest absolute Gasteiger partial charge is 0.222 e. The molecule has 0 bridgehead atoms. The van der Waals surface area contributed by atoms with Gasteiger partial charge in [0.25, 0.3) is 0 Å². The minimum atomic E-state index is 0.183. The van der Waals surface area contributed by atoms with Crippen molar-refractivity contribution < 1.29 is 9.47 Å². The number of hydrogen-bond acceptors (Lipinski definition) is 6. The molecule has 0 radical (unpaired) electrons. The summed E-state index contributed by atoms with van der Waals surface area (Å²) in [6, 6.07) is 10.3. The molecule has 2 fully saturated rings. The van der Waals surface area contributed by atoms with Crippen molar-refractivity contribution in [2.75, 3.05) is 36.9 Å². The Morgan fingerprint density at radius 1 is 1.28 bits per heavy atom. The van der Waals surface area contributed by atoms with Gasteiger partial charge in [0.2, 0.25) is 5.95 Å². The number of aryl methyl sites for hydroxylation is 1. The summed E-state index contributed by atoms with van der Waals surface area (Å²) in [5.74, 6) is 2.53. The molecular formula is C19H24N4O2. The molecular weight excluding hydrogens is 316 g/mol. The molecule has 0 amide bonds. The van der Waals surface area contributed by atoms with Crippen LogP contribution in [0.2, 0.25) is 0 Å². The highest BCUT2D eigenvalue weighted by atomic mass is 16.5. The molecule has 0 saturated carbocycles. The third kappa shape index (κ3) is 3.39. The minimum Gasteiger partial charge on any atom is -0.486 e. The van der Waals surface area contributed by atoms with Gasteiger partial charge in [0.1, 0.15) is 17.7 Å². The van der Waals surface area contributed by atoms with Gasteiger partial charge < -0.3 is 20.1 Å². The molecule has 2 saturated heterocycles. The first-order chi connectivity index (χ1) is 12.2. The number of hydrogen-bond donors (Lipinski definition) is 1. The van der Waals surface area contributed by atoms with E-state index in [9.17, 15) is 0 Å². The highest BCUT2D eigenvalue weighted by molar-refractivity contribution is 5.47. The van der Waals surface area contributed by atoms with E-state index >= 15 is 0 Å². The van der Waals surface area contributed by atoms with Gasteiger partial charge in [-0.2, -0.15) is 4.98 Å². The maximum atomic E-state index is 6.15. The van der Waals surface area contributed by atoms with E-state index in [1.165, 1.54) is 5.56 Å². The summed E-state index contributed by atoms with van der Waals surface area (Å²) in [7, 11) is 0. The molecule has 6 nitrogen and oxygen atoms in total. The van der Waals surface area contributed by atoms with E-state index in [1.54, 1.807) is 0 Å². The average Bonchev–Trinajstić information content (AvgIpc) is 3.12. The fourth-order valence-electron chi connectivity index (χ4n) is 3.40. The third-order valence-electron chi connectivity index (χ3n) is 4.92. The van der Waals surface area contributed by atoms with Crippen LogP contribution in [0.15, 0.2) is 30.3 Å². The van der Waals surface area contributed by atoms with E-state index in [2.05, 4.69) is 33.9 Å². The second kappa shape index (κ2) is 6.88. The minimum absolute atomic E-state index is 0.183. The number of para-hydroxylation sites is 1. The molecule has 0 aliphatic carbocycles. The number of anilines is 2. The Kier molecular flexibility index (Phi) is 4.44. The molecule has 2 N–H and O–H groups in total. The zero-order valence-corrected chi connectivity index (χ0v) is 14.5. The van der Waals surface area contributed by atoms with Crippen molar-refractivity contribution in [1.29, 1.82) is 0 Å². The van der Waals surface area contributed by atoms with Gasteiger partial charge in [0, 0.05) is 18.6 Å². The van der Waals surface area contributed by atoms with Crippen molar-refractivity contribution in [1.82, 2.24) is 9.97 Å². The van der Waals surface area contributed by atoms with Crippen LogP contribution in [0.3, 0.4) is 0 Å². The maximum absolute atomic E-state index is 6.15. The van der Waals surface area contributed by atoms with Crippen molar-refractivity contribution in [3.63, 3.8) is 0 Å². The Bertz CT molecular complexity index is 740. The normalized spacial score (nSPS) is 20.5. The van der Waals surface area contributed by atoms with Crippen molar-refractivity contribution in [2.45, 2.75) is 31.8 Å². The Labute approximate surface area is 148 Å². The average molecular weight is 340 g/mol. The summed E-state index contributed by atoms with van der Waals surface area (Å²) >= 11 is 0. The van der Waals surface area contributed by atoms with E-state index in [-0.39, 0.29) is 6.10 Å². The topological polar surface area (TPSA) is 73.5 Å². The molecule has 2 aliphatic heterocycles. The monoisotopic (exact) mass is 340 g/mol. The van der Waals surface area contributed by atoms with Crippen LogP contribution >= 0.6 is 0 Å². The van der Waals surface area contributed by atoms with Crippen LogP contribution in [0.25, 0.3) is 0 Å². The summed E-state index contributed by atoms with van der Waals surface area (Å²) < 4.78 is 11.6. The highest BCUT2D eigenvalue weighted by Crippen LogP contribution is 2.29. The van der Waals surface area contributed by atoms with E-state index in [1.807, 2.05) is 18.2 Å². The Morgan fingerprint density at radius 2 is 2.12 bits per heavy atom. The standard InChI is InChI=1S/C19H24N4O2/c1-2-13-5-3-4-6-17(13)25-15-10-23(11-15)18-9-16(21-19(20)22-18)14-7-8-24-12-14/h3-6,9,14-15H,2,7-8,10-12H2,1H3,(H2,20,21,22)/t14-/m0/s1. The molecule has 1 aromatic heterocycles. The molecule has 132 valence electrons. The predicted molar refractivity (Wildman–Crippen MR) is 97.1 cm³/mol. The predicted octanol–water partition coefficient (Wildman–Crippen LogP) is 2.39. The van der Waals surface area contributed by atoms with Gasteiger partial charge >= 0.3 is 0 Å². The van der Waals surface area contributed by atoms with Gasteiger partial charge in [0.05, 0.1) is 25.4 Å². The fraction of sp³-hybridized carbons (Fsp3) is 0.474. The van der Waals surface area contributed by atoms with Crippen LogP contribution in [0.4, 0.5) is 11.8 Å². The van der Waals surface area contributed by atoms with Crippen LogP contribution in [0.1, 0.15) is 30.5 Å². The Hall–Kier alpha value is -2.34. The van der Waals surface area contributed by atoms with E-state index in [0.29, 0.717) is 11.9 Å². The van der Waals surface area contributed by atoms with Gasteiger partial charge in [-0.05, 0) is 24.5 Å². The molecule has 25 heavy (non-hydrogen) atoms. The zero-order chi connectivity index (χ0) is 17.2. The number of benzene rings is 1. The molecule has 1 atom stereocenters. The molecule has 2 aromatic rings. The quantitative estimate of drug-likeness (QED) is 0.901. The number of nitrogen functional groups attached to an aromatic ring is 1. The number of nitrogens with zero attached hydrogens (tertiary/aromatic N) is 3. The number of nitrogens with two attached hydrogens (primary N) is 1. The first-order valence-corrected chi connectivity index (χ1v) is 8.94. The van der Waals surface area contributed by atoms with E-state index in [4.69, 9.17) is 15.2 Å². The lowest BCUT2D eigenvalue weighted by Crippen LogP contribution is -2.54. The van der Waals surface area contributed by atoms with Crippen LogP contribution in [-0.2, 0) is 11.2 Å². The van der Waals surface area contributed by atoms with Crippen LogP contribution in [0.5, 0.6) is 5.75 Å². The second-order valence-corrected chi connectivity index (χ2v) is 6.68. The largest absolute Gasteiger partial charge is 0.486 e. The van der Waals surface area contributed by atoms with Gasteiger partial charge in [0.15, 0.2) is 0 Å². The van der Waals surface area contributed by atoms with Gasteiger partial charge in [-0.3, -0.25) is 0 Å². The molecule has 3 heterocycles. The zero-order valence-electron chi connectivity index (χ0n) is 14.5. The van der Waals surface area contributed by atoms with Gasteiger partial charge in [-0.15, -0.1) is 0 Å². The lowest BCUT2D eigenvalue weighted by Gasteiger charge is -2.40. The molecule has 6 heteroatoms. The van der Waals surface area contributed by atoms with Crippen molar-refractivity contribution >= 4 is 11.8 Å². The van der Waals surface area contributed by atoms with E-state index in [0.717, 1.165) is 56.4 Å². The van der Waals surface area contributed by atoms with E-state index < -0.39 is 0 Å². The number of aromatic nitrogens is 2. The van der Waals surface area contributed by atoms with Gasteiger partial charge in [-0.1, -0.05) is 25.1 Å². The lowest BCUT2D eigenvalue weighted by molar-refractivity contribution is 0.165. The molecule has 4 rings (SSSR count). The second-order valence-electron chi connectivity index (χ2n) is 6.68. The Morgan fingerprint density at radius 3 is 2.88 bits per heavy atom. The summed E-state index contributed by atoms with van der Waals surface area (Å²) in [4.78, 5) is 11.0. The van der Waals surface area contributed by atoms with Crippen LogP contribution in [-0.4, -0.2) is 42.4 Å².